The quantitative estimate of drug-likeness (QED) is 0.509. The predicted octanol–water partition coefficient (Wildman–Crippen LogP) is 7.15. The molecule has 2 aromatic carbocycles. The molecule has 1 nitrogen and oxygen atoms in total. The van der Waals surface area contributed by atoms with Crippen LogP contribution in [-0.2, 0) is 0 Å². The van der Waals surface area contributed by atoms with Crippen LogP contribution in [0.15, 0.2) is 60.3 Å². The van der Waals surface area contributed by atoms with Crippen molar-refractivity contribution in [1.82, 2.24) is 0 Å². The van der Waals surface area contributed by atoms with Crippen molar-refractivity contribution in [1.29, 1.82) is 0 Å². The number of fused-ring (bicyclic) bond motifs is 1. The molecule has 1 heterocycles. The Morgan fingerprint density at radius 1 is 0.958 bits per heavy atom. The molecule has 24 heavy (non-hydrogen) atoms. The highest BCUT2D eigenvalue weighted by atomic mass is 35.6. The molecule has 2 aromatic rings. The average molecular weight is 381 g/mol. The first kappa shape index (κ1) is 17.7. The molecule has 0 aliphatic carbocycles. The van der Waals surface area contributed by atoms with Crippen LogP contribution in [0, 0.1) is 0 Å². The van der Waals surface area contributed by atoms with Gasteiger partial charge >= 0.3 is 0 Å². The topological polar surface area (TPSA) is 3.24 Å². The number of halogens is 3. The van der Waals surface area contributed by atoms with E-state index in [0.29, 0.717) is 0 Å². The molecule has 1 atom stereocenters. The number of anilines is 1. The van der Waals surface area contributed by atoms with Gasteiger partial charge in [0.2, 0.25) is 3.79 Å². The van der Waals surface area contributed by atoms with Crippen LogP contribution in [0.3, 0.4) is 0 Å². The Morgan fingerprint density at radius 3 is 2.29 bits per heavy atom. The molecule has 1 unspecified atom stereocenters. The molecule has 3 rings (SSSR count). The number of benzene rings is 2. The van der Waals surface area contributed by atoms with Gasteiger partial charge in [-0.1, -0.05) is 90.6 Å². The van der Waals surface area contributed by atoms with Crippen molar-refractivity contribution in [3.8, 4) is 0 Å². The third-order valence-corrected chi connectivity index (χ3v) is 4.93. The molecule has 1 aliphatic heterocycles. The summed E-state index contributed by atoms with van der Waals surface area (Å²) in [5, 5.41) is 0. The van der Waals surface area contributed by atoms with Crippen LogP contribution in [0.2, 0.25) is 0 Å². The largest absolute Gasteiger partial charge is 0.333 e. The van der Waals surface area contributed by atoms with Gasteiger partial charge in [-0.2, -0.15) is 0 Å². The highest BCUT2D eigenvalue weighted by Crippen LogP contribution is 2.50. The summed E-state index contributed by atoms with van der Waals surface area (Å²) in [6, 6.07) is 18.0. The van der Waals surface area contributed by atoms with Crippen LogP contribution in [0.4, 0.5) is 5.69 Å². The Balaban J connectivity index is 2.17. The molecule has 0 fully saturated rings. The van der Waals surface area contributed by atoms with Gasteiger partial charge in [-0.05, 0) is 42.2 Å². The van der Waals surface area contributed by atoms with Gasteiger partial charge in [0, 0.05) is 11.4 Å². The number of hydrogen-bond donors (Lipinski definition) is 0. The molecule has 0 bridgehead atoms. The maximum absolute atomic E-state index is 6.45. The van der Waals surface area contributed by atoms with Crippen LogP contribution in [-0.4, -0.2) is 3.79 Å². The van der Waals surface area contributed by atoms with E-state index in [1.807, 2.05) is 36.4 Å². The van der Waals surface area contributed by atoms with Gasteiger partial charge in [-0.3, -0.25) is 0 Å². The van der Waals surface area contributed by atoms with E-state index in [0.717, 1.165) is 36.1 Å². The molecule has 0 amide bonds. The van der Waals surface area contributed by atoms with E-state index in [4.69, 9.17) is 34.8 Å². The number of hydrogen-bond acceptors (Lipinski definition) is 1. The smallest absolute Gasteiger partial charge is 0.215 e. The Labute approximate surface area is 158 Å². The van der Waals surface area contributed by atoms with Crippen molar-refractivity contribution in [2.45, 2.75) is 36.0 Å². The SMILES string of the molecule is CCCCC1=Cc2ccccc2C(C(Cl)(Cl)Cl)N1c1ccccc1. The standard InChI is InChI=1S/C20H20Cl3N/c1-2-3-10-17-14-15-9-7-8-13-18(15)19(20(21,22)23)24(17)16-11-5-4-6-12-16/h4-9,11-14,19H,2-3,10H2,1H3. The van der Waals surface area contributed by atoms with Crippen molar-refractivity contribution < 1.29 is 0 Å². The van der Waals surface area contributed by atoms with Gasteiger partial charge in [0.25, 0.3) is 0 Å². The fraction of sp³-hybridized carbons (Fsp3) is 0.300. The van der Waals surface area contributed by atoms with Crippen molar-refractivity contribution in [3.63, 3.8) is 0 Å². The second kappa shape index (κ2) is 7.39. The lowest BCUT2D eigenvalue weighted by molar-refractivity contribution is 0.644. The lowest BCUT2D eigenvalue weighted by Crippen LogP contribution is -2.38. The summed E-state index contributed by atoms with van der Waals surface area (Å²) in [5.41, 5.74) is 4.41. The van der Waals surface area contributed by atoms with Gasteiger partial charge in [0.05, 0.1) is 0 Å². The van der Waals surface area contributed by atoms with Crippen LogP contribution in [0.5, 0.6) is 0 Å². The van der Waals surface area contributed by atoms with E-state index < -0.39 is 3.79 Å². The maximum atomic E-state index is 6.45. The van der Waals surface area contributed by atoms with E-state index in [1.165, 1.54) is 5.70 Å². The van der Waals surface area contributed by atoms with Gasteiger partial charge < -0.3 is 4.90 Å². The molecule has 0 saturated heterocycles. The molecule has 4 heteroatoms. The zero-order valence-corrected chi connectivity index (χ0v) is 15.8. The average Bonchev–Trinajstić information content (AvgIpc) is 2.58. The molecule has 0 spiro atoms. The van der Waals surface area contributed by atoms with E-state index in [-0.39, 0.29) is 6.04 Å². The second-order valence-corrected chi connectivity index (χ2v) is 8.39. The van der Waals surface area contributed by atoms with Crippen molar-refractivity contribution in [2.75, 3.05) is 4.90 Å². The van der Waals surface area contributed by atoms with Gasteiger partial charge in [-0.15, -0.1) is 0 Å². The minimum Gasteiger partial charge on any atom is -0.333 e. The van der Waals surface area contributed by atoms with Crippen LogP contribution in [0.25, 0.3) is 6.08 Å². The van der Waals surface area contributed by atoms with E-state index in [2.05, 4.69) is 36.1 Å². The highest BCUT2D eigenvalue weighted by molar-refractivity contribution is 6.68. The summed E-state index contributed by atoms with van der Waals surface area (Å²) < 4.78 is -1.43. The Morgan fingerprint density at radius 2 is 1.62 bits per heavy atom. The van der Waals surface area contributed by atoms with Crippen molar-refractivity contribution >= 4 is 46.6 Å². The Hall–Kier alpha value is -1.15. The summed E-state index contributed by atoms with van der Waals surface area (Å²) >= 11 is 19.3. The third kappa shape index (κ3) is 3.59. The molecule has 126 valence electrons. The fourth-order valence-corrected chi connectivity index (χ4v) is 3.87. The summed E-state index contributed by atoms with van der Waals surface area (Å²) in [6.45, 7) is 2.19. The second-order valence-electron chi connectivity index (χ2n) is 6.02. The summed E-state index contributed by atoms with van der Waals surface area (Å²) in [4.78, 5) is 2.19. The molecule has 0 N–H and O–H groups in total. The first-order chi connectivity index (χ1) is 11.5. The fourth-order valence-electron chi connectivity index (χ4n) is 3.22. The first-order valence-electron chi connectivity index (χ1n) is 8.23. The van der Waals surface area contributed by atoms with Crippen molar-refractivity contribution in [3.05, 3.63) is 71.4 Å². The number of unbranched alkanes of at least 4 members (excludes halogenated alkanes) is 1. The normalized spacial score (nSPS) is 17.4. The minimum absolute atomic E-state index is 0.349. The maximum Gasteiger partial charge on any atom is 0.215 e. The summed E-state index contributed by atoms with van der Waals surface area (Å²) in [6.07, 6.45) is 5.41. The lowest BCUT2D eigenvalue weighted by atomic mass is 9.92. The van der Waals surface area contributed by atoms with E-state index in [9.17, 15) is 0 Å². The number of rotatable bonds is 4. The zero-order chi connectivity index (χ0) is 17.2. The molecule has 1 aliphatic rings. The third-order valence-electron chi connectivity index (χ3n) is 4.31. The first-order valence-corrected chi connectivity index (χ1v) is 9.36. The van der Waals surface area contributed by atoms with Gasteiger partial charge in [-0.25, -0.2) is 0 Å². The van der Waals surface area contributed by atoms with Crippen LogP contribution in [0.1, 0.15) is 43.4 Å². The van der Waals surface area contributed by atoms with Crippen LogP contribution < -0.4 is 4.90 Å². The van der Waals surface area contributed by atoms with Crippen LogP contribution >= 0.6 is 34.8 Å². The van der Waals surface area contributed by atoms with Crippen molar-refractivity contribution in [2.24, 2.45) is 0 Å². The molecule has 0 saturated carbocycles. The predicted molar refractivity (Wildman–Crippen MR) is 106 cm³/mol. The molecular formula is C20H20Cl3N. The molecule has 0 radical (unpaired) electrons. The number of para-hydroxylation sites is 1. The zero-order valence-electron chi connectivity index (χ0n) is 13.6. The molecule has 0 aromatic heterocycles. The highest BCUT2D eigenvalue weighted by Gasteiger charge is 2.42. The van der Waals surface area contributed by atoms with E-state index >= 15 is 0 Å². The number of nitrogens with zero attached hydrogens (tertiary/aromatic N) is 1. The summed E-state index contributed by atoms with van der Waals surface area (Å²) in [7, 11) is 0. The van der Waals surface area contributed by atoms with Gasteiger partial charge in [0.1, 0.15) is 6.04 Å². The molecular weight excluding hydrogens is 361 g/mol. The minimum atomic E-state index is -1.43. The Kier molecular flexibility index (Phi) is 5.44. The summed E-state index contributed by atoms with van der Waals surface area (Å²) in [5.74, 6) is 0. The van der Waals surface area contributed by atoms with E-state index in [1.54, 1.807) is 0 Å². The monoisotopic (exact) mass is 379 g/mol. The Bertz CT molecular complexity index is 719. The lowest BCUT2D eigenvalue weighted by Gasteiger charge is -2.43. The van der Waals surface area contributed by atoms with Gasteiger partial charge in [0.15, 0.2) is 0 Å². The number of alkyl halides is 3. The number of allylic oxidation sites excluding steroid dienone is 1.